The van der Waals surface area contributed by atoms with Gasteiger partial charge in [0.05, 0.1) is 32.5 Å². The van der Waals surface area contributed by atoms with Gasteiger partial charge in [-0.25, -0.2) is 4.39 Å². The first-order chi connectivity index (χ1) is 15.1. The zero-order valence-corrected chi connectivity index (χ0v) is 17.6. The lowest BCUT2D eigenvalue weighted by Crippen LogP contribution is -2.41. The summed E-state index contributed by atoms with van der Waals surface area (Å²) in [6.45, 7) is 0.828. The lowest BCUT2D eigenvalue weighted by atomic mass is 9.87. The number of anilines is 1. The number of nitrogens with one attached hydrogen (secondary N) is 1. The van der Waals surface area contributed by atoms with Crippen molar-refractivity contribution in [3.63, 3.8) is 0 Å². The highest BCUT2D eigenvalue weighted by molar-refractivity contribution is 5.92. The summed E-state index contributed by atoms with van der Waals surface area (Å²) in [5.41, 5.74) is 3.51. The normalized spacial score (nSPS) is 15.8. The molecule has 1 aliphatic heterocycles. The minimum atomic E-state index is -0.448. The zero-order chi connectivity index (χ0) is 21.8. The third-order valence-corrected chi connectivity index (χ3v) is 5.58. The van der Waals surface area contributed by atoms with Gasteiger partial charge in [0.25, 0.3) is 0 Å². The van der Waals surface area contributed by atoms with E-state index in [2.05, 4.69) is 22.3 Å². The number of carbonyl (C=O) groups is 1. The number of ether oxygens (including phenoxy) is 2. The van der Waals surface area contributed by atoms with Crippen molar-refractivity contribution in [1.82, 2.24) is 4.90 Å². The van der Waals surface area contributed by atoms with Gasteiger partial charge in [0.2, 0.25) is 5.91 Å². The Morgan fingerprint density at radius 3 is 2.42 bits per heavy atom. The summed E-state index contributed by atoms with van der Waals surface area (Å²) >= 11 is 0. The fourth-order valence-corrected chi connectivity index (χ4v) is 4.13. The molecule has 6 heteroatoms. The highest BCUT2D eigenvalue weighted by Gasteiger charge is 2.31. The predicted molar refractivity (Wildman–Crippen MR) is 118 cm³/mol. The Morgan fingerprint density at radius 2 is 1.71 bits per heavy atom. The molecule has 3 aromatic carbocycles. The van der Waals surface area contributed by atoms with Crippen LogP contribution in [-0.2, 0) is 11.2 Å². The topological polar surface area (TPSA) is 50.8 Å². The first kappa shape index (κ1) is 20.9. The molecule has 0 spiro atoms. The number of carbonyl (C=O) groups excluding carboxylic acids is 1. The smallest absolute Gasteiger partial charge is 0.238 e. The van der Waals surface area contributed by atoms with Gasteiger partial charge in [-0.3, -0.25) is 9.69 Å². The van der Waals surface area contributed by atoms with Crippen LogP contribution in [0.3, 0.4) is 0 Å². The third-order valence-electron chi connectivity index (χ3n) is 5.58. The van der Waals surface area contributed by atoms with Crippen LogP contribution in [0.25, 0.3) is 0 Å². The molecule has 0 bridgehead atoms. The number of fused-ring (bicyclic) bond motifs is 1. The number of amides is 1. The van der Waals surface area contributed by atoms with E-state index in [9.17, 15) is 9.18 Å². The van der Waals surface area contributed by atoms with Crippen LogP contribution in [-0.4, -0.2) is 38.1 Å². The van der Waals surface area contributed by atoms with Crippen LogP contribution in [0.2, 0.25) is 0 Å². The van der Waals surface area contributed by atoms with Crippen LogP contribution in [0.1, 0.15) is 22.7 Å². The molecule has 1 heterocycles. The largest absolute Gasteiger partial charge is 0.493 e. The van der Waals surface area contributed by atoms with E-state index >= 15 is 0 Å². The van der Waals surface area contributed by atoms with Crippen molar-refractivity contribution in [3.8, 4) is 11.5 Å². The number of para-hydroxylation sites is 1. The summed E-state index contributed by atoms with van der Waals surface area (Å²) in [4.78, 5) is 14.9. The molecule has 0 saturated carbocycles. The Hall–Kier alpha value is -3.38. The molecule has 0 aliphatic carbocycles. The van der Waals surface area contributed by atoms with E-state index in [1.807, 2.05) is 30.3 Å². The van der Waals surface area contributed by atoms with Crippen LogP contribution in [0.5, 0.6) is 11.5 Å². The second-order valence-corrected chi connectivity index (χ2v) is 7.47. The summed E-state index contributed by atoms with van der Waals surface area (Å²) in [6.07, 6.45) is 0.770. The highest BCUT2D eigenvalue weighted by atomic mass is 19.1. The van der Waals surface area contributed by atoms with Crippen molar-refractivity contribution in [3.05, 3.63) is 89.2 Å². The molecule has 0 fully saturated rings. The molecular weight excluding hydrogens is 395 g/mol. The molecule has 0 aromatic heterocycles. The standard InChI is InChI=1S/C25H25FN2O3/c1-30-22-14-18-12-13-28(16-24(29)27-21-11-7-6-10-20(21)26)25(17-8-4-3-5-9-17)19(18)15-23(22)31-2/h3-11,14-15,25H,12-13,16H2,1-2H3,(H,27,29). The number of hydrogen-bond donors (Lipinski definition) is 1. The summed E-state index contributed by atoms with van der Waals surface area (Å²) < 4.78 is 25.0. The van der Waals surface area contributed by atoms with Crippen molar-refractivity contribution >= 4 is 11.6 Å². The Kier molecular flexibility index (Phi) is 6.18. The maximum Gasteiger partial charge on any atom is 0.238 e. The molecule has 1 unspecified atom stereocenters. The van der Waals surface area contributed by atoms with Crippen LogP contribution in [0, 0.1) is 5.82 Å². The lowest BCUT2D eigenvalue weighted by Gasteiger charge is -2.37. The number of benzene rings is 3. The van der Waals surface area contributed by atoms with E-state index in [0.29, 0.717) is 18.0 Å². The molecule has 1 aliphatic rings. The maximum absolute atomic E-state index is 14.0. The summed E-state index contributed by atoms with van der Waals surface area (Å²) in [5.74, 6) is 0.643. The van der Waals surface area contributed by atoms with Gasteiger partial charge < -0.3 is 14.8 Å². The lowest BCUT2D eigenvalue weighted by molar-refractivity contribution is -0.117. The van der Waals surface area contributed by atoms with Gasteiger partial charge in [-0.2, -0.15) is 0 Å². The van der Waals surface area contributed by atoms with Crippen LogP contribution >= 0.6 is 0 Å². The fraction of sp³-hybridized carbons (Fsp3) is 0.240. The van der Waals surface area contributed by atoms with E-state index < -0.39 is 5.82 Å². The molecular formula is C25H25FN2O3. The number of nitrogens with zero attached hydrogens (tertiary/aromatic N) is 1. The van der Waals surface area contributed by atoms with Gasteiger partial charge >= 0.3 is 0 Å². The monoisotopic (exact) mass is 420 g/mol. The van der Waals surface area contributed by atoms with E-state index in [1.165, 1.54) is 6.07 Å². The first-order valence-corrected chi connectivity index (χ1v) is 10.2. The maximum atomic E-state index is 14.0. The van der Waals surface area contributed by atoms with E-state index in [1.54, 1.807) is 32.4 Å². The van der Waals surface area contributed by atoms with Crippen molar-refractivity contribution in [2.75, 3.05) is 32.6 Å². The molecule has 1 N–H and O–H groups in total. The van der Waals surface area contributed by atoms with Gasteiger partial charge in [-0.15, -0.1) is 0 Å². The fourth-order valence-electron chi connectivity index (χ4n) is 4.13. The minimum absolute atomic E-state index is 0.129. The van der Waals surface area contributed by atoms with Crippen molar-refractivity contribution in [2.45, 2.75) is 12.5 Å². The molecule has 3 aromatic rings. The van der Waals surface area contributed by atoms with Crippen LogP contribution < -0.4 is 14.8 Å². The second-order valence-electron chi connectivity index (χ2n) is 7.47. The molecule has 31 heavy (non-hydrogen) atoms. The third kappa shape index (κ3) is 4.39. The number of rotatable bonds is 6. The van der Waals surface area contributed by atoms with Crippen LogP contribution in [0.4, 0.5) is 10.1 Å². The Labute approximate surface area is 181 Å². The van der Waals surface area contributed by atoms with Crippen LogP contribution in [0.15, 0.2) is 66.7 Å². The molecule has 0 radical (unpaired) electrons. The molecule has 5 nitrogen and oxygen atoms in total. The van der Waals surface area contributed by atoms with Crippen molar-refractivity contribution < 1.29 is 18.7 Å². The number of halogens is 1. The summed E-state index contributed by atoms with van der Waals surface area (Å²) in [6, 6.07) is 20.1. The van der Waals surface area contributed by atoms with E-state index in [-0.39, 0.29) is 24.2 Å². The van der Waals surface area contributed by atoms with Crippen molar-refractivity contribution in [2.24, 2.45) is 0 Å². The summed E-state index contributed by atoms with van der Waals surface area (Å²) in [5, 5.41) is 2.69. The van der Waals surface area contributed by atoms with Gasteiger partial charge in [-0.05, 0) is 47.4 Å². The first-order valence-electron chi connectivity index (χ1n) is 10.2. The summed E-state index contributed by atoms with van der Waals surface area (Å²) in [7, 11) is 3.24. The minimum Gasteiger partial charge on any atom is -0.493 e. The zero-order valence-electron chi connectivity index (χ0n) is 17.6. The highest BCUT2D eigenvalue weighted by Crippen LogP contribution is 2.40. The Morgan fingerprint density at radius 1 is 1.03 bits per heavy atom. The SMILES string of the molecule is COc1cc2c(cc1OC)C(c1ccccc1)N(CC(=O)Nc1ccccc1F)CC2. The average Bonchev–Trinajstić information content (AvgIpc) is 2.80. The van der Waals surface area contributed by atoms with Crippen molar-refractivity contribution in [1.29, 1.82) is 0 Å². The molecule has 4 rings (SSSR count). The number of methoxy groups -OCH3 is 2. The molecule has 1 amide bonds. The molecule has 0 saturated heterocycles. The second kappa shape index (κ2) is 9.18. The predicted octanol–water partition coefficient (Wildman–Crippen LogP) is 4.43. The Bertz CT molecular complexity index is 1070. The van der Waals surface area contributed by atoms with Gasteiger partial charge in [0.15, 0.2) is 11.5 Å². The quantitative estimate of drug-likeness (QED) is 0.641. The van der Waals surface area contributed by atoms with E-state index in [4.69, 9.17) is 9.47 Å². The molecule has 1 atom stereocenters. The van der Waals surface area contributed by atoms with Gasteiger partial charge in [0.1, 0.15) is 5.82 Å². The van der Waals surface area contributed by atoms with E-state index in [0.717, 1.165) is 23.1 Å². The Balaban J connectivity index is 1.66. The average molecular weight is 420 g/mol. The van der Waals surface area contributed by atoms with Gasteiger partial charge in [0, 0.05) is 6.54 Å². The molecule has 160 valence electrons. The number of hydrogen-bond acceptors (Lipinski definition) is 4. The van der Waals surface area contributed by atoms with Gasteiger partial charge in [-0.1, -0.05) is 42.5 Å².